The van der Waals surface area contributed by atoms with Gasteiger partial charge in [-0.1, -0.05) is 0 Å². The minimum absolute atomic E-state index is 0.00404. The highest BCUT2D eigenvalue weighted by molar-refractivity contribution is 7.91. The number of hydrogen-bond donors (Lipinski definition) is 1. The highest BCUT2D eigenvalue weighted by Crippen LogP contribution is 2.39. The Morgan fingerprint density at radius 3 is 2.67 bits per heavy atom. The van der Waals surface area contributed by atoms with Crippen LogP contribution in [0.15, 0.2) is 6.20 Å². The lowest BCUT2D eigenvalue weighted by Crippen LogP contribution is -2.31. The van der Waals surface area contributed by atoms with Crippen LogP contribution < -0.4 is 4.74 Å². The molecule has 1 aliphatic heterocycles. The van der Waals surface area contributed by atoms with Crippen molar-refractivity contribution in [2.75, 3.05) is 18.6 Å². The van der Waals surface area contributed by atoms with Gasteiger partial charge < -0.3 is 9.84 Å². The molecule has 1 atom stereocenters. The summed E-state index contributed by atoms with van der Waals surface area (Å²) in [6, 6.07) is 0.0243. The van der Waals surface area contributed by atoms with E-state index < -0.39 is 15.4 Å². The summed E-state index contributed by atoms with van der Waals surface area (Å²) < 4.78 is 30.0. The van der Waals surface area contributed by atoms with Gasteiger partial charge in [-0.25, -0.2) is 8.42 Å². The zero-order chi connectivity index (χ0) is 13.6. The van der Waals surface area contributed by atoms with Crippen molar-refractivity contribution >= 4 is 9.84 Å². The molecule has 1 fully saturated rings. The van der Waals surface area contributed by atoms with Gasteiger partial charge in [-0.3, -0.25) is 4.68 Å². The number of aliphatic hydroxyl groups is 1. The minimum Gasteiger partial charge on any atom is -0.493 e. The molecule has 1 unspecified atom stereocenters. The second-order valence-electron chi connectivity index (χ2n) is 4.97. The number of sulfone groups is 1. The van der Waals surface area contributed by atoms with Crippen LogP contribution in [0.3, 0.4) is 0 Å². The fourth-order valence-corrected chi connectivity index (χ4v) is 4.15. The third-order valence-corrected chi connectivity index (χ3v) is 4.94. The van der Waals surface area contributed by atoms with Crippen molar-refractivity contribution in [3.05, 3.63) is 11.9 Å². The van der Waals surface area contributed by atoms with Gasteiger partial charge >= 0.3 is 0 Å². The number of ether oxygens (including phenoxy) is 1. The smallest absolute Gasteiger partial charge is 0.162 e. The van der Waals surface area contributed by atoms with Gasteiger partial charge in [-0.05, 0) is 20.3 Å². The molecule has 0 aromatic carbocycles. The molecule has 1 saturated heterocycles. The van der Waals surface area contributed by atoms with E-state index in [4.69, 9.17) is 4.74 Å². The Morgan fingerprint density at radius 2 is 2.22 bits per heavy atom. The van der Waals surface area contributed by atoms with Crippen LogP contribution in [0.25, 0.3) is 0 Å². The highest BCUT2D eigenvalue weighted by atomic mass is 32.2. The van der Waals surface area contributed by atoms with Crippen molar-refractivity contribution in [2.45, 2.75) is 31.9 Å². The quantitative estimate of drug-likeness (QED) is 0.867. The summed E-state index contributed by atoms with van der Waals surface area (Å²) >= 11 is 0. The van der Waals surface area contributed by atoms with Gasteiger partial charge in [0, 0.05) is 6.04 Å². The van der Waals surface area contributed by atoms with Gasteiger partial charge in [0.05, 0.1) is 24.8 Å². The largest absolute Gasteiger partial charge is 0.493 e. The van der Waals surface area contributed by atoms with Crippen LogP contribution in [0.2, 0.25) is 0 Å². The summed E-state index contributed by atoms with van der Waals surface area (Å²) in [5.74, 6) is 0.160. The molecule has 1 aromatic heterocycles. The van der Waals surface area contributed by atoms with E-state index in [2.05, 4.69) is 5.10 Å². The Labute approximate surface area is 106 Å². The zero-order valence-electron chi connectivity index (χ0n) is 10.8. The first kappa shape index (κ1) is 13.4. The fourth-order valence-electron chi connectivity index (χ4n) is 2.35. The van der Waals surface area contributed by atoms with Crippen LogP contribution >= 0.6 is 0 Å². The molecule has 0 aliphatic carbocycles. The second kappa shape index (κ2) is 4.24. The summed E-state index contributed by atoms with van der Waals surface area (Å²) in [6.07, 6.45) is 1.70. The number of nitrogens with zero attached hydrogens (tertiary/aromatic N) is 2. The lowest BCUT2D eigenvalue weighted by Gasteiger charge is -2.24. The van der Waals surface area contributed by atoms with Crippen molar-refractivity contribution in [2.24, 2.45) is 0 Å². The summed E-state index contributed by atoms with van der Waals surface area (Å²) in [5, 5.41) is 14.8. The first-order chi connectivity index (χ1) is 8.29. The molecule has 0 spiro atoms. The summed E-state index contributed by atoms with van der Waals surface area (Å²) in [4.78, 5) is 0. The van der Waals surface area contributed by atoms with E-state index in [0.717, 1.165) is 0 Å². The van der Waals surface area contributed by atoms with Gasteiger partial charge in [0.2, 0.25) is 0 Å². The maximum absolute atomic E-state index is 11.6. The lowest BCUT2D eigenvalue weighted by atomic mass is 9.98. The van der Waals surface area contributed by atoms with E-state index in [0.29, 0.717) is 11.4 Å². The molecule has 0 saturated carbocycles. The molecular weight excluding hydrogens is 256 g/mol. The van der Waals surface area contributed by atoms with Crippen molar-refractivity contribution in [3.63, 3.8) is 0 Å². The molecule has 0 amide bonds. The number of aromatic nitrogens is 2. The molecule has 2 heterocycles. The Morgan fingerprint density at radius 1 is 1.56 bits per heavy atom. The predicted molar refractivity (Wildman–Crippen MR) is 66.3 cm³/mol. The first-order valence-electron chi connectivity index (χ1n) is 5.84. The van der Waals surface area contributed by atoms with Crippen LogP contribution in [-0.4, -0.2) is 41.9 Å². The van der Waals surface area contributed by atoms with E-state index in [-0.39, 0.29) is 24.0 Å². The van der Waals surface area contributed by atoms with Crippen LogP contribution in [0.1, 0.15) is 32.0 Å². The predicted octanol–water partition coefficient (Wildman–Crippen LogP) is 0.479. The van der Waals surface area contributed by atoms with E-state index in [9.17, 15) is 13.5 Å². The molecule has 18 heavy (non-hydrogen) atoms. The van der Waals surface area contributed by atoms with Crippen molar-refractivity contribution in [1.29, 1.82) is 0 Å². The summed E-state index contributed by atoms with van der Waals surface area (Å²) in [7, 11) is -1.71. The van der Waals surface area contributed by atoms with Gasteiger partial charge in [0.1, 0.15) is 11.3 Å². The zero-order valence-corrected chi connectivity index (χ0v) is 11.6. The number of hydrogen-bond acceptors (Lipinski definition) is 5. The summed E-state index contributed by atoms with van der Waals surface area (Å²) in [5.41, 5.74) is -0.939. The molecule has 0 radical (unpaired) electrons. The molecule has 6 nitrogen and oxygen atoms in total. The standard InChI is InChI=1S/C11H18N2O4S/c1-8(2)13-10(9(17-3)6-12-13)11(14)4-5-18(15,16)7-11/h6,8,14H,4-5,7H2,1-3H3. The monoisotopic (exact) mass is 274 g/mol. The molecule has 102 valence electrons. The Bertz CT molecular complexity index is 549. The topological polar surface area (TPSA) is 81.4 Å². The van der Waals surface area contributed by atoms with Crippen molar-refractivity contribution in [1.82, 2.24) is 9.78 Å². The van der Waals surface area contributed by atoms with Crippen LogP contribution in [0.4, 0.5) is 0 Å². The van der Waals surface area contributed by atoms with E-state index in [1.165, 1.54) is 13.3 Å². The van der Waals surface area contributed by atoms with E-state index >= 15 is 0 Å². The SMILES string of the molecule is COc1cnn(C(C)C)c1C1(O)CCS(=O)(=O)C1. The summed E-state index contributed by atoms with van der Waals surface area (Å²) in [6.45, 7) is 3.84. The minimum atomic E-state index is -3.19. The Balaban J connectivity index is 2.53. The normalized spacial score (nSPS) is 26.7. The molecule has 1 aromatic rings. The Kier molecular flexibility index (Phi) is 3.14. The van der Waals surface area contributed by atoms with Crippen LogP contribution in [0.5, 0.6) is 5.75 Å². The maximum atomic E-state index is 11.6. The third-order valence-electron chi connectivity index (χ3n) is 3.20. The first-order valence-corrected chi connectivity index (χ1v) is 7.66. The van der Waals surface area contributed by atoms with E-state index in [1.807, 2.05) is 13.8 Å². The lowest BCUT2D eigenvalue weighted by molar-refractivity contribution is 0.0513. The Hall–Kier alpha value is -1.08. The molecule has 1 aliphatic rings. The van der Waals surface area contributed by atoms with Crippen molar-refractivity contribution < 1.29 is 18.3 Å². The molecule has 2 rings (SSSR count). The van der Waals surface area contributed by atoms with Gasteiger partial charge in [-0.15, -0.1) is 0 Å². The molecule has 7 heteroatoms. The molecular formula is C11H18N2O4S. The molecule has 0 bridgehead atoms. The van der Waals surface area contributed by atoms with Crippen LogP contribution in [0, 0.1) is 0 Å². The van der Waals surface area contributed by atoms with Gasteiger partial charge in [0.15, 0.2) is 15.6 Å². The molecule has 1 N–H and O–H groups in total. The number of methoxy groups -OCH3 is 1. The average Bonchev–Trinajstić information content (AvgIpc) is 2.80. The van der Waals surface area contributed by atoms with Crippen molar-refractivity contribution in [3.8, 4) is 5.75 Å². The highest BCUT2D eigenvalue weighted by Gasteiger charge is 2.46. The van der Waals surface area contributed by atoms with Gasteiger partial charge in [-0.2, -0.15) is 5.10 Å². The van der Waals surface area contributed by atoms with Crippen LogP contribution in [-0.2, 0) is 15.4 Å². The second-order valence-corrected chi connectivity index (χ2v) is 7.16. The van der Waals surface area contributed by atoms with Gasteiger partial charge in [0.25, 0.3) is 0 Å². The fraction of sp³-hybridized carbons (Fsp3) is 0.727. The third kappa shape index (κ3) is 2.12. The number of rotatable bonds is 3. The maximum Gasteiger partial charge on any atom is 0.162 e. The average molecular weight is 274 g/mol. The van der Waals surface area contributed by atoms with E-state index in [1.54, 1.807) is 4.68 Å².